The zero-order chi connectivity index (χ0) is 28.1. The topological polar surface area (TPSA) is 75.7 Å². The van der Waals surface area contributed by atoms with Gasteiger partial charge < -0.3 is 4.74 Å². The second kappa shape index (κ2) is 9.98. The number of benzene rings is 3. The van der Waals surface area contributed by atoms with E-state index in [4.69, 9.17) is 4.74 Å². The Morgan fingerprint density at radius 2 is 1.54 bits per heavy atom. The second-order valence-electron chi connectivity index (χ2n) is 12.2. The summed E-state index contributed by atoms with van der Waals surface area (Å²) in [6.45, 7) is 0.206. The van der Waals surface area contributed by atoms with E-state index in [-0.39, 0.29) is 23.4 Å². The van der Waals surface area contributed by atoms with Gasteiger partial charge in [0, 0.05) is 0 Å². The van der Waals surface area contributed by atoms with E-state index in [2.05, 4.69) is 17.4 Å². The number of anilines is 1. The minimum absolute atomic E-state index is 0.122. The third-order valence-electron chi connectivity index (χ3n) is 9.36. The van der Waals surface area contributed by atoms with Crippen LogP contribution < -0.4 is 15.0 Å². The van der Waals surface area contributed by atoms with Crippen molar-refractivity contribution in [2.45, 2.75) is 50.5 Å². The fraction of sp³-hybridized carbons (Fsp3) is 0.324. The predicted octanol–water partition coefficient (Wildman–Crippen LogP) is 6.54. The molecule has 0 spiro atoms. The molecule has 5 aliphatic rings. The molecule has 8 rings (SSSR count). The molecule has 4 aliphatic carbocycles. The largest absolute Gasteiger partial charge is 0.489 e. The molecule has 5 fully saturated rings. The molecule has 1 aliphatic heterocycles. The van der Waals surface area contributed by atoms with E-state index in [0.29, 0.717) is 22.6 Å². The molecule has 208 valence electrons. The number of amides is 4. The van der Waals surface area contributed by atoms with E-state index >= 15 is 0 Å². The lowest BCUT2D eigenvalue weighted by Gasteiger charge is -2.57. The number of urea groups is 1. The van der Waals surface area contributed by atoms with Crippen LogP contribution in [0.2, 0.25) is 0 Å². The summed E-state index contributed by atoms with van der Waals surface area (Å²) in [5.74, 6) is 1.32. The monoisotopic (exact) mass is 550 g/mol. The number of halogens is 1. The van der Waals surface area contributed by atoms with Crippen LogP contribution in [0.1, 0.15) is 55.2 Å². The van der Waals surface area contributed by atoms with Crippen molar-refractivity contribution in [1.29, 1.82) is 0 Å². The predicted molar refractivity (Wildman–Crippen MR) is 152 cm³/mol. The second-order valence-corrected chi connectivity index (χ2v) is 12.2. The van der Waals surface area contributed by atoms with E-state index < -0.39 is 17.8 Å². The number of barbiturate groups is 1. The van der Waals surface area contributed by atoms with Gasteiger partial charge in [0.25, 0.3) is 11.8 Å². The van der Waals surface area contributed by atoms with Gasteiger partial charge in [0.2, 0.25) is 0 Å². The van der Waals surface area contributed by atoms with Crippen molar-refractivity contribution in [3.8, 4) is 5.75 Å². The molecule has 4 amide bonds. The molecule has 0 aromatic heterocycles. The Kier molecular flexibility index (Phi) is 6.25. The number of ether oxygens (including phenoxy) is 1. The van der Waals surface area contributed by atoms with Gasteiger partial charge in [0.15, 0.2) is 0 Å². The first-order chi connectivity index (χ1) is 19.8. The lowest BCUT2D eigenvalue weighted by Crippen LogP contribution is -2.54. The van der Waals surface area contributed by atoms with E-state index in [1.54, 1.807) is 36.4 Å². The Balaban J connectivity index is 1.08. The van der Waals surface area contributed by atoms with Crippen molar-refractivity contribution in [2.24, 2.45) is 17.8 Å². The van der Waals surface area contributed by atoms with Gasteiger partial charge in [-0.05, 0) is 121 Å². The summed E-state index contributed by atoms with van der Waals surface area (Å²) in [6, 6.07) is 20.1. The zero-order valence-corrected chi connectivity index (χ0v) is 22.6. The third-order valence-corrected chi connectivity index (χ3v) is 9.36. The van der Waals surface area contributed by atoms with Gasteiger partial charge in [-0.15, -0.1) is 0 Å². The lowest BCUT2D eigenvalue weighted by atomic mass is 9.48. The van der Waals surface area contributed by atoms with E-state index in [1.807, 2.05) is 12.1 Å². The molecule has 4 bridgehead atoms. The Hall–Kier alpha value is -4.26. The molecular formula is C34H31FN2O4. The summed E-state index contributed by atoms with van der Waals surface area (Å²) in [5.41, 5.74) is 3.15. The molecule has 3 aromatic rings. The fourth-order valence-electron chi connectivity index (χ4n) is 7.94. The van der Waals surface area contributed by atoms with Gasteiger partial charge in [0.05, 0.1) is 5.69 Å². The summed E-state index contributed by atoms with van der Waals surface area (Å²) < 4.78 is 19.1. The molecule has 3 aromatic carbocycles. The van der Waals surface area contributed by atoms with Crippen LogP contribution in [-0.2, 0) is 21.6 Å². The van der Waals surface area contributed by atoms with Gasteiger partial charge in [0.1, 0.15) is 23.7 Å². The number of nitrogens with one attached hydrogen (secondary N) is 1. The summed E-state index contributed by atoms with van der Waals surface area (Å²) in [7, 11) is 0. The number of imide groups is 2. The molecule has 41 heavy (non-hydrogen) atoms. The molecular weight excluding hydrogens is 519 g/mol. The highest BCUT2D eigenvalue weighted by Crippen LogP contribution is 2.60. The van der Waals surface area contributed by atoms with Crippen LogP contribution in [0.3, 0.4) is 0 Å². The first kappa shape index (κ1) is 25.7. The maximum absolute atomic E-state index is 13.4. The molecule has 1 saturated heterocycles. The van der Waals surface area contributed by atoms with Crippen LogP contribution >= 0.6 is 0 Å². The maximum atomic E-state index is 13.4. The van der Waals surface area contributed by atoms with Crippen LogP contribution in [0.4, 0.5) is 14.9 Å². The van der Waals surface area contributed by atoms with Crippen molar-refractivity contribution in [3.63, 3.8) is 0 Å². The highest BCUT2D eigenvalue weighted by atomic mass is 19.1. The Morgan fingerprint density at radius 3 is 2.17 bits per heavy atom. The Labute approximate surface area is 238 Å². The van der Waals surface area contributed by atoms with Crippen LogP contribution in [0.25, 0.3) is 6.08 Å². The normalized spacial score (nSPS) is 27.8. The number of carbonyl (C=O) groups excluding carboxylic acids is 3. The Morgan fingerprint density at radius 1 is 0.878 bits per heavy atom. The lowest BCUT2D eigenvalue weighted by molar-refractivity contribution is -0.122. The minimum atomic E-state index is -0.749. The smallest absolute Gasteiger partial charge is 0.335 e. The van der Waals surface area contributed by atoms with E-state index in [0.717, 1.165) is 22.7 Å². The molecule has 0 atom stereocenters. The minimum Gasteiger partial charge on any atom is -0.489 e. The zero-order valence-electron chi connectivity index (χ0n) is 22.6. The first-order valence-electron chi connectivity index (χ1n) is 14.3. The van der Waals surface area contributed by atoms with Crippen LogP contribution in [-0.4, -0.2) is 17.8 Å². The summed E-state index contributed by atoms with van der Waals surface area (Å²) >= 11 is 0. The number of rotatable bonds is 6. The van der Waals surface area contributed by atoms with Crippen molar-refractivity contribution in [3.05, 3.63) is 101 Å². The SMILES string of the molecule is O=C1NC(=O)N(c2ccc(C34CC5CC(CC(C5)C3)C4)cc2)C(=O)/C1=C/c1ccc(OCc2cccc(F)c2)cc1. The van der Waals surface area contributed by atoms with Gasteiger partial charge in [-0.3, -0.25) is 14.9 Å². The van der Waals surface area contributed by atoms with Crippen molar-refractivity contribution < 1.29 is 23.5 Å². The van der Waals surface area contributed by atoms with Gasteiger partial charge in [-0.25, -0.2) is 14.1 Å². The van der Waals surface area contributed by atoms with Crippen LogP contribution in [0, 0.1) is 23.6 Å². The molecule has 7 heteroatoms. The van der Waals surface area contributed by atoms with Crippen molar-refractivity contribution >= 4 is 29.6 Å². The summed E-state index contributed by atoms with van der Waals surface area (Å²) in [5, 5.41) is 2.31. The average Bonchev–Trinajstić information content (AvgIpc) is 2.94. The third kappa shape index (κ3) is 4.83. The number of nitrogens with zero attached hydrogens (tertiary/aromatic N) is 1. The van der Waals surface area contributed by atoms with E-state index in [1.165, 1.54) is 62.3 Å². The molecule has 0 unspecified atom stereocenters. The molecule has 1 heterocycles. The molecule has 4 saturated carbocycles. The standard InChI is InChI=1S/C34H31FN2O4/c35-27-3-1-2-22(15-27)20-41-29-10-4-21(5-11-29)16-30-31(38)36-33(40)37(32(30)39)28-8-6-26(7-9-28)34-17-23-12-24(18-34)14-25(13-23)19-34/h1-11,15-16,23-25H,12-14,17-20H2,(H,36,38,40)/b30-16+. The molecule has 6 nitrogen and oxygen atoms in total. The van der Waals surface area contributed by atoms with E-state index in [9.17, 15) is 18.8 Å². The van der Waals surface area contributed by atoms with Gasteiger partial charge in [-0.2, -0.15) is 0 Å². The first-order valence-corrected chi connectivity index (χ1v) is 14.3. The highest BCUT2D eigenvalue weighted by molar-refractivity contribution is 6.39. The number of hydrogen-bond acceptors (Lipinski definition) is 4. The van der Waals surface area contributed by atoms with Crippen molar-refractivity contribution in [2.75, 3.05) is 4.90 Å². The average molecular weight is 551 g/mol. The van der Waals surface area contributed by atoms with Gasteiger partial charge >= 0.3 is 6.03 Å². The summed E-state index contributed by atoms with van der Waals surface area (Å²) in [4.78, 5) is 39.9. The number of hydrogen-bond donors (Lipinski definition) is 1. The van der Waals surface area contributed by atoms with Crippen molar-refractivity contribution in [1.82, 2.24) is 5.32 Å². The van der Waals surface area contributed by atoms with Crippen LogP contribution in [0.15, 0.2) is 78.4 Å². The fourth-order valence-corrected chi connectivity index (χ4v) is 7.94. The molecule has 0 radical (unpaired) electrons. The Bertz CT molecular complexity index is 1530. The quantitative estimate of drug-likeness (QED) is 0.279. The summed E-state index contributed by atoms with van der Waals surface area (Å²) in [6.07, 6.45) is 9.28. The maximum Gasteiger partial charge on any atom is 0.335 e. The van der Waals surface area contributed by atoms with Crippen LogP contribution in [0.5, 0.6) is 5.75 Å². The number of carbonyl (C=O) groups is 3. The highest BCUT2D eigenvalue weighted by Gasteiger charge is 2.51. The van der Waals surface area contributed by atoms with Gasteiger partial charge in [-0.1, -0.05) is 36.4 Å². The molecule has 1 N–H and O–H groups in total.